The molecule has 20 unspecified atom stereocenters. The molecule has 0 bridgehead atoms. The van der Waals surface area contributed by atoms with Crippen LogP contribution in [0, 0.1) is 34.5 Å². The van der Waals surface area contributed by atoms with Crippen molar-refractivity contribution in [2.45, 2.75) is 287 Å². The van der Waals surface area contributed by atoms with Gasteiger partial charge < -0.3 is 111 Å². The maximum Gasteiger partial charge on any atom is 0.246 e. The SMILES string of the molecule is CC1=Cc2ccccc2N(C(=O)CCC(=O)NCCOCCOCCOCCOCCC(=O)NC(CCCCNC(=O)COC2CCCCCc3c2nnn3C2OC(CO)C(C3OC(CO)C(O)C(O)C3O)C(O)C2O)C(=O)NC(C(=O)NC(C)C(=O)Nc2ccc3c(c2)C2(C)CCCC(C)(C(=O)NC(=O)C4(C)CCCC5(C)c6cc(N)ccc6CCC45)C2CC3)C(C)C)Cc2ccccc21. The van der Waals surface area contributed by atoms with Gasteiger partial charge in [0.05, 0.1) is 113 Å². The lowest BCUT2D eigenvalue weighted by Crippen LogP contribution is -2.66. The fourth-order valence-corrected chi connectivity index (χ4v) is 22.4. The number of benzene rings is 4. The first kappa shape index (κ1) is 104. The number of amides is 9. The van der Waals surface area contributed by atoms with Crippen LogP contribution in [0.3, 0.4) is 0 Å². The van der Waals surface area contributed by atoms with Crippen LogP contribution >= 0.6 is 0 Å². The van der Waals surface area contributed by atoms with E-state index in [0.29, 0.717) is 87.1 Å². The number of imide groups is 1. The fraction of sp³-hybridized carbons (Fsp3) is 0.634. The van der Waals surface area contributed by atoms with E-state index in [4.69, 9.17) is 38.9 Å². The lowest BCUT2D eigenvalue weighted by Gasteiger charge is -2.56. The quantitative estimate of drug-likeness (QED) is 0.0122. The molecule has 2 saturated carbocycles. The zero-order valence-corrected chi connectivity index (χ0v) is 79.8. The van der Waals surface area contributed by atoms with Crippen molar-refractivity contribution in [3.63, 3.8) is 0 Å². The second kappa shape index (κ2) is 46.9. The molecule has 4 fully saturated rings. The topological polar surface area (TPSA) is 504 Å². The number of aromatic nitrogens is 3. The number of allylic oxidation sites excluding steroid dienone is 1. The summed E-state index contributed by atoms with van der Waals surface area (Å²) in [6, 6.07) is 24.2. The molecule has 4 aromatic carbocycles. The number of nitrogens with one attached hydrogen (secondary N) is 7. The van der Waals surface area contributed by atoms with E-state index in [2.05, 4.69) is 92.6 Å². The summed E-state index contributed by atoms with van der Waals surface area (Å²) in [4.78, 5) is 129. The molecule has 136 heavy (non-hydrogen) atoms. The number of rotatable bonds is 40. The number of nitrogens with zero attached hydrogens (tertiary/aromatic N) is 4. The Balaban J connectivity index is 0.570. The number of aliphatic hydroxyl groups is 7. The monoisotopic (exact) mass is 1890 g/mol. The van der Waals surface area contributed by atoms with Gasteiger partial charge in [-0.2, -0.15) is 0 Å². The number of unbranched alkanes of at least 4 members (excludes halogenated alkanes) is 1. The van der Waals surface area contributed by atoms with Gasteiger partial charge in [0.1, 0.15) is 67.1 Å². The van der Waals surface area contributed by atoms with Crippen molar-refractivity contribution < 1.29 is 112 Å². The van der Waals surface area contributed by atoms with E-state index in [1.165, 1.54) is 15.8 Å². The Morgan fingerprint density at radius 3 is 1.88 bits per heavy atom. The standard InChI is InChI=1S/C101H142N12O23/c1-59(2)84(94(127)105-61(4)92(125)106-67-32-28-63-30-34-78-99(6,70(63)54-67)39-19-41-101(78,8)97(129)109-96(128)100(7)40-18-38-98(5)69-53-66(102)31-27-62(69)29-33-77(98)100)108-93(126)71(107-80(117)37-44-130-46-48-132-50-51-133-49-47-131-45-43-104-79(116)35-36-82(119)112-55-65-21-12-14-22-68(65)60(3)52-64-20-13-15-24-72(64)112)23-16-17-42-103-81(118)58-134-74-26-11-9-10-25-73-85(74)110-111-113(73)95-90(124)87(121)83(75(56-114)136-95)91-89(123)88(122)86(120)76(57-115)135-91/h12-15,20-22,24,27-28,31-32,52-54,59,61,71,74-78,83-84,86-91,95,114-115,120-124H,9-11,16-19,23,25-26,29-30,33-51,55-58,102H2,1-8H3,(H,103,118)(H,104,116)(H,105,127)(H,106,125)(H,107,117)(H,108,126)(H,109,128,129). The highest BCUT2D eigenvalue weighted by molar-refractivity contribution is 6.02. The summed E-state index contributed by atoms with van der Waals surface area (Å²) in [6.07, 6.45) is -1.85. The van der Waals surface area contributed by atoms with Gasteiger partial charge in [-0.15, -0.1) is 5.10 Å². The summed E-state index contributed by atoms with van der Waals surface area (Å²) in [5.74, 6) is -5.72. The number of hydrogen-bond acceptors (Lipinski definition) is 26. The molecular formula is C101H142N12O23. The van der Waals surface area contributed by atoms with Crippen molar-refractivity contribution in [2.24, 2.45) is 34.5 Å². The molecule has 744 valence electrons. The van der Waals surface area contributed by atoms with Crippen LogP contribution in [0.1, 0.15) is 234 Å². The smallest absolute Gasteiger partial charge is 0.246 e. The molecule has 35 heteroatoms. The summed E-state index contributed by atoms with van der Waals surface area (Å²) >= 11 is 0. The highest BCUT2D eigenvalue weighted by Gasteiger charge is 2.60. The van der Waals surface area contributed by atoms with Crippen LogP contribution in [0.5, 0.6) is 0 Å². The Morgan fingerprint density at radius 1 is 0.574 bits per heavy atom. The van der Waals surface area contributed by atoms with E-state index in [9.17, 15) is 74.1 Å². The van der Waals surface area contributed by atoms with E-state index in [-0.39, 0.29) is 133 Å². The van der Waals surface area contributed by atoms with Crippen LogP contribution in [0.25, 0.3) is 11.6 Å². The number of nitrogen functional groups attached to an aromatic ring is 1. The van der Waals surface area contributed by atoms with Crippen molar-refractivity contribution in [3.8, 4) is 0 Å². The third-order valence-corrected chi connectivity index (χ3v) is 30.0. The molecule has 20 atom stereocenters. The number of aryl methyl sites for hydroxylation is 2. The molecule has 8 aliphatic rings. The molecule has 0 spiro atoms. The Kier molecular flexibility index (Phi) is 35.8. The summed E-state index contributed by atoms with van der Waals surface area (Å²) in [6.45, 7) is 16.0. The molecule has 9 amide bonds. The van der Waals surface area contributed by atoms with Crippen LogP contribution in [0.15, 0.2) is 84.9 Å². The minimum Gasteiger partial charge on any atom is -0.399 e. The highest BCUT2D eigenvalue weighted by Crippen LogP contribution is 2.60. The maximum absolute atomic E-state index is 15.0. The predicted octanol–water partition coefficient (Wildman–Crippen LogP) is 5.98. The van der Waals surface area contributed by atoms with Gasteiger partial charge in [0, 0.05) is 49.6 Å². The zero-order chi connectivity index (χ0) is 97.3. The van der Waals surface area contributed by atoms with Gasteiger partial charge >= 0.3 is 0 Å². The largest absolute Gasteiger partial charge is 0.399 e. The van der Waals surface area contributed by atoms with Crippen molar-refractivity contribution in [3.05, 3.63) is 135 Å². The first-order valence-electron chi connectivity index (χ1n) is 48.8. The van der Waals surface area contributed by atoms with E-state index in [0.717, 1.165) is 90.4 Å². The molecule has 4 heterocycles. The van der Waals surface area contributed by atoms with Gasteiger partial charge in [-0.05, 0) is 213 Å². The Morgan fingerprint density at radius 2 is 1.21 bits per heavy atom. The minimum atomic E-state index is -1.80. The number of para-hydroxylation sites is 1. The van der Waals surface area contributed by atoms with Crippen molar-refractivity contribution in [1.82, 2.24) is 46.9 Å². The van der Waals surface area contributed by atoms with Gasteiger partial charge in [0.15, 0.2) is 6.23 Å². The number of ether oxygens (including phenoxy) is 7. The molecule has 3 aliphatic heterocycles. The zero-order valence-electron chi connectivity index (χ0n) is 79.8. The van der Waals surface area contributed by atoms with Gasteiger partial charge in [0.2, 0.25) is 53.2 Å². The molecule has 13 rings (SSSR count). The second-order valence-corrected chi connectivity index (χ2v) is 39.5. The summed E-state index contributed by atoms with van der Waals surface area (Å²) in [5, 5.41) is 105. The van der Waals surface area contributed by atoms with Crippen LogP contribution in [-0.4, -0.2) is 257 Å². The maximum atomic E-state index is 15.0. The molecule has 16 N–H and O–H groups in total. The second-order valence-electron chi connectivity index (χ2n) is 39.5. The number of hydrogen-bond donors (Lipinski definition) is 15. The third kappa shape index (κ3) is 23.9. The lowest BCUT2D eigenvalue weighted by atomic mass is 9.49. The van der Waals surface area contributed by atoms with Crippen LogP contribution < -0.4 is 47.9 Å². The lowest BCUT2D eigenvalue weighted by molar-refractivity contribution is -0.299. The molecule has 0 radical (unpaired) electrons. The molecule has 35 nitrogen and oxygen atoms in total. The fourth-order valence-electron chi connectivity index (χ4n) is 22.4. The van der Waals surface area contributed by atoms with Crippen molar-refractivity contribution >= 4 is 81.9 Å². The van der Waals surface area contributed by atoms with E-state index < -0.39 is 157 Å². The average Bonchev–Trinajstić information content (AvgIpc) is 0.855. The number of carbonyl (C=O) groups excluding carboxylic acids is 9. The van der Waals surface area contributed by atoms with Gasteiger partial charge in [-0.3, -0.25) is 48.5 Å². The van der Waals surface area contributed by atoms with Crippen LogP contribution in [0.4, 0.5) is 17.1 Å². The molecule has 1 aromatic heterocycles. The van der Waals surface area contributed by atoms with E-state index >= 15 is 4.79 Å². The summed E-state index contributed by atoms with van der Waals surface area (Å²) in [7, 11) is 0. The van der Waals surface area contributed by atoms with Crippen LogP contribution in [0.2, 0.25) is 0 Å². The van der Waals surface area contributed by atoms with Crippen molar-refractivity contribution in [1.29, 1.82) is 0 Å². The molecule has 5 aromatic rings. The molecular weight excluding hydrogens is 1750 g/mol. The third-order valence-electron chi connectivity index (χ3n) is 30.0. The molecule has 5 aliphatic carbocycles. The van der Waals surface area contributed by atoms with Gasteiger partial charge in [-0.25, -0.2) is 4.68 Å². The minimum absolute atomic E-state index is 0.0185. The highest BCUT2D eigenvalue weighted by atomic mass is 16.6. The number of nitrogens with two attached hydrogens (primary N) is 1. The van der Waals surface area contributed by atoms with Crippen LogP contribution in [-0.2, 0) is 113 Å². The first-order valence-corrected chi connectivity index (χ1v) is 48.8. The summed E-state index contributed by atoms with van der Waals surface area (Å²) in [5.41, 5.74) is 15.5. The number of aliphatic hydroxyl groups excluding tert-OH is 7. The van der Waals surface area contributed by atoms with E-state index in [1.807, 2.05) is 80.6 Å². The normalized spacial score (nSPS) is 28.0. The van der Waals surface area contributed by atoms with Gasteiger partial charge in [0.25, 0.3) is 0 Å². The van der Waals surface area contributed by atoms with Gasteiger partial charge in [-0.1, -0.05) is 127 Å². The molecule has 2 saturated heterocycles. The number of anilines is 3. The average molecular weight is 1890 g/mol. The van der Waals surface area contributed by atoms with E-state index in [1.54, 1.807) is 25.7 Å². The Hall–Kier alpha value is -9.57. The first-order chi connectivity index (χ1) is 65.2. The Labute approximate surface area is 795 Å². The van der Waals surface area contributed by atoms with Crippen molar-refractivity contribution in [2.75, 3.05) is 102 Å². The predicted molar refractivity (Wildman–Crippen MR) is 503 cm³/mol. The Bertz CT molecular complexity index is 5030. The number of carbonyl (C=O) groups is 9. The number of fused-ring (bicyclic) bond motifs is 9. The summed E-state index contributed by atoms with van der Waals surface area (Å²) < 4.78 is 42.2.